The van der Waals surface area contributed by atoms with Gasteiger partial charge in [-0.25, -0.2) is 18.6 Å². The van der Waals surface area contributed by atoms with E-state index in [9.17, 15) is 13.2 Å². The number of halogens is 1. The average Bonchev–Trinajstić information content (AvgIpc) is 2.92. The Kier molecular flexibility index (Phi) is 10.7. The maximum Gasteiger partial charge on any atom is 0.285 e. The van der Waals surface area contributed by atoms with Gasteiger partial charge in [0.1, 0.15) is 0 Å². The Balaban J connectivity index is 0.000000892. The molecule has 12 nitrogen and oxygen atoms in total. The lowest BCUT2D eigenvalue weighted by Gasteiger charge is -2.17. The second-order valence-electron chi connectivity index (χ2n) is 8.85. The number of carbonyl (C=O) groups excluding carboxylic acids is 1. The van der Waals surface area contributed by atoms with Crippen molar-refractivity contribution in [2.24, 2.45) is 15.9 Å². The van der Waals surface area contributed by atoms with E-state index in [0.29, 0.717) is 12.2 Å². The van der Waals surface area contributed by atoms with Crippen LogP contribution < -0.4 is 40.0 Å². The van der Waals surface area contributed by atoms with E-state index in [1.807, 2.05) is 43.3 Å². The largest absolute Gasteiger partial charge is 0.369 e. The maximum absolute atomic E-state index is 12.8. The van der Waals surface area contributed by atoms with Gasteiger partial charge in [-0.3, -0.25) is 4.79 Å². The summed E-state index contributed by atoms with van der Waals surface area (Å²) in [6, 6.07) is 30.2. The Morgan fingerprint density at radius 2 is 1.36 bits per heavy atom. The molecule has 0 aliphatic rings. The van der Waals surface area contributed by atoms with Crippen LogP contribution in [-0.4, -0.2) is 20.3 Å². The number of nitrogens with one attached hydrogen (secondary N) is 1. The number of aromatic nitrogens is 1. The first kappa shape index (κ1) is 32.1. The number of anilines is 1. The first-order valence-electron chi connectivity index (χ1n) is 12.3. The maximum atomic E-state index is 12.8. The summed E-state index contributed by atoms with van der Waals surface area (Å²) >= 11 is 0. The predicted molar refractivity (Wildman–Crippen MR) is 145 cm³/mol. The zero-order chi connectivity index (χ0) is 30.9. The Morgan fingerprint density at radius 3 is 1.88 bits per heavy atom. The summed E-state index contributed by atoms with van der Waals surface area (Å²) < 4.78 is 63.5. The van der Waals surface area contributed by atoms with Crippen molar-refractivity contribution in [1.29, 1.82) is 0 Å². The zero-order valence-electron chi connectivity index (χ0n) is 22.3. The Morgan fingerprint density at radius 1 is 0.833 bits per heavy atom. The number of pyridine rings is 1. The SMILES string of the molecule is Cc1cc(-c2ccccc2)cc(-c2ccccc2)[n+]1CCC(=O)Nc1ccc(S(=O)(=O)N=C(N)N)cc1.[O-][Cl+3]([O-])([O-])[O-]. The monoisotopic (exact) mass is 613 g/mol. The fourth-order valence-electron chi connectivity index (χ4n) is 4.04. The van der Waals surface area contributed by atoms with Crippen LogP contribution >= 0.6 is 0 Å². The van der Waals surface area contributed by atoms with E-state index in [0.717, 1.165) is 28.1 Å². The van der Waals surface area contributed by atoms with Crippen molar-refractivity contribution in [2.75, 3.05) is 5.32 Å². The van der Waals surface area contributed by atoms with Gasteiger partial charge in [-0.2, -0.15) is 13.0 Å². The summed E-state index contributed by atoms with van der Waals surface area (Å²) in [5.41, 5.74) is 16.2. The molecule has 0 unspecified atom stereocenters. The van der Waals surface area contributed by atoms with Gasteiger partial charge in [-0.05, 0) is 47.5 Å². The summed E-state index contributed by atoms with van der Waals surface area (Å²) in [7, 11) is -8.93. The van der Waals surface area contributed by atoms with Gasteiger partial charge in [0, 0.05) is 30.3 Å². The second kappa shape index (κ2) is 14.0. The van der Waals surface area contributed by atoms with Crippen molar-refractivity contribution >= 4 is 27.6 Å². The van der Waals surface area contributed by atoms with Gasteiger partial charge < -0.3 is 16.8 Å². The molecular formula is C28H28ClN5O7S. The Labute approximate surface area is 245 Å². The van der Waals surface area contributed by atoms with Crippen LogP contribution in [0.1, 0.15) is 12.1 Å². The lowest BCUT2D eigenvalue weighted by Crippen LogP contribution is -2.68. The quantitative estimate of drug-likeness (QED) is 0.124. The van der Waals surface area contributed by atoms with Gasteiger partial charge in [-0.1, -0.05) is 48.5 Å². The predicted octanol–water partition coefficient (Wildman–Crippen LogP) is -1.15. The highest BCUT2D eigenvalue weighted by molar-refractivity contribution is 7.90. The topological polar surface area (TPSA) is 224 Å². The highest BCUT2D eigenvalue weighted by Gasteiger charge is 2.20. The molecule has 0 bridgehead atoms. The molecule has 0 saturated heterocycles. The molecule has 1 amide bonds. The third-order valence-electron chi connectivity index (χ3n) is 5.77. The minimum Gasteiger partial charge on any atom is -0.369 e. The molecule has 4 rings (SSSR count). The normalized spacial score (nSPS) is 11.2. The highest BCUT2D eigenvalue weighted by Crippen LogP contribution is 2.25. The van der Waals surface area contributed by atoms with Gasteiger partial charge in [0.15, 0.2) is 12.2 Å². The van der Waals surface area contributed by atoms with Crippen LogP contribution in [0.15, 0.2) is 106 Å². The third kappa shape index (κ3) is 9.92. The second-order valence-corrected chi connectivity index (χ2v) is 11.2. The van der Waals surface area contributed by atoms with Crippen LogP contribution in [0.4, 0.5) is 5.69 Å². The minimum atomic E-state index is -4.94. The van der Waals surface area contributed by atoms with E-state index in [1.165, 1.54) is 24.3 Å². The number of hydrogen-bond acceptors (Lipinski definition) is 7. The van der Waals surface area contributed by atoms with Crippen molar-refractivity contribution in [3.8, 4) is 22.4 Å². The summed E-state index contributed by atoms with van der Waals surface area (Å²) in [4.78, 5) is 12.7. The number of sulfonamides is 1. The van der Waals surface area contributed by atoms with E-state index in [1.54, 1.807) is 0 Å². The fraction of sp³-hybridized carbons (Fsp3) is 0.107. The van der Waals surface area contributed by atoms with E-state index in [-0.39, 0.29) is 17.2 Å². The molecule has 14 heteroatoms. The molecule has 4 aromatic rings. The number of amides is 1. The number of rotatable bonds is 8. The molecule has 0 aliphatic heterocycles. The van der Waals surface area contributed by atoms with E-state index >= 15 is 0 Å². The summed E-state index contributed by atoms with van der Waals surface area (Å²) in [6.45, 7) is 2.50. The smallest absolute Gasteiger partial charge is 0.285 e. The van der Waals surface area contributed by atoms with Crippen molar-refractivity contribution in [3.63, 3.8) is 0 Å². The molecule has 0 spiro atoms. The van der Waals surface area contributed by atoms with E-state index in [2.05, 4.69) is 50.7 Å². The number of benzene rings is 3. The number of aryl methyl sites for hydroxylation is 1. The van der Waals surface area contributed by atoms with Crippen LogP contribution in [0, 0.1) is 17.2 Å². The first-order chi connectivity index (χ1) is 19.7. The van der Waals surface area contributed by atoms with Gasteiger partial charge in [-0.15, -0.1) is 14.6 Å². The molecule has 0 atom stereocenters. The molecule has 1 aromatic heterocycles. The molecule has 3 aromatic carbocycles. The summed E-state index contributed by atoms with van der Waals surface area (Å²) in [5.74, 6) is -0.741. The van der Waals surface area contributed by atoms with Gasteiger partial charge in [0.2, 0.25) is 17.6 Å². The molecule has 42 heavy (non-hydrogen) atoms. The Bertz CT molecular complexity index is 1640. The highest BCUT2D eigenvalue weighted by atomic mass is 35.7. The molecule has 220 valence electrons. The third-order valence-corrected chi connectivity index (χ3v) is 7.09. The number of nitrogens with zero attached hydrogens (tertiary/aromatic N) is 2. The summed E-state index contributed by atoms with van der Waals surface area (Å²) in [5, 5.41) is 2.82. The van der Waals surface area contributed by atoms with E-state index in [4.69, 9.17) is 30.1 Å². The van der Waals surface area contributed by atoms with Crippen molar-refractivity contribution in [2.45, 2.75) is 24.8 Å². The van der Waals surface area contributed by atoms with Crippen molar-refractivity contribution < 1.29 is 46.7 Å². The number of carbonyl (C=O) groups is 1. The fourth-order valence-corrected chi connectivity index (χ4v) is 4.90. The van der Waals surface area contributed by atoms with Crippen LogP contribution in [0.2, 0.25) is 0 Å². The molecule has 0 aliphatic carbocycles. The lowest BCUT2D eigenvalue weighted by molar-refractivity contribution is -2.00. The lowest BCUT2D eigenvalue weighted by atomic mass is 10.0. The minimum absolute atomic E-state index is 0.0731. The van der Waals surface area contributed by atoms with Gasteiger partial charge in [0.05, 0.1) is 11.3 Å². The number of nitrogens with two attached hydrogens (primary N) is 2. The number of guanidine groups is 1. The van der Waals surface area contributed by atoms with Gasteiger partial charge in [0.25, 0.3) is 10.0 Å². The summed E-state index contributed by atoms with van der Waals surface area (Å²) in [6.07, 6.45) is 0.226. The van der Waals surface area contributed by atoms with Crippen LogP contribution in [0.25, 0.3) is 22.4 Å². The van der Waals surface area contributed by atoms with Crippen LogP contribution in [0.3, 0.4) is 0 Å². The molecule has 5 N–H and O–H groups in total. The standard InChI is InChI=1S/C28H27N5O3S.ClHO4/c1-20-18-23(21-8-4-2-5-9-21)19-26(22-10-6-3-7-11-22)33(20)17-16-27(34)31-24-12-14-25(15-13-24)37(35,36)32-28(29)30;2-1(3,4)5/h2-15,18-19H,16-17H2,1H3,(H4-,29,30,31,32,34);(H,2,3,4,5). The molecule has 0 saturated carbocycles. The van der Waals surface area contributed by atoms with Crippen molar-refractivity contribution in [1.82, 2.24) is 0 Å². The Hall–Kier alpha value is -4.37. The molecule has 1 heterocycles. The first-order valence-corrected chi connectivity index (χ1v) is 14.9. The average molecular weight is 614 g/mol. The van der Waals surface area contributed by atoms with Crippen molar-refractivity contribution in [3.05, 3.63) is 103 Å². The van der Waals surface area contributed by atoms with Gasteiger partial charge >= 0.3 is 0 Å². The molecular weight excluding hydrogens is 586 g/mol. The molecule has 0 radical (unpaired) electrons. The van der Waals surface area contributed by atoms with E-state index < -0.39 is 26.2 Å². The van der Waals surface area contributed by atoms with Crippen LogP contribution in [-0.2, 0) is 21.4 Å². The number of hydrogen-bond donors (Lipinski definition) is 3. The molecule has 0 fully saturated rings. The van der Waals surface area contributed by atoms with Crippen LogP contribution in [0.5, 0.6) is 0 Å². The zero-order valence-corrected chi connectivity index (χ0v) is 23.9.